The fourth-order valence-electron chi connectivity index (χ4n) is 1.70. The summed E-state index contributed by atoms with van der Waals surface area (Å²) in [5.41, 5.74) is 1.23. The highest BCUT2D eigenvalue weighted by atomic mass is 16.4. The lowest BCUT2D eigenvalue weighted by Crippen LogP contribution is -2.28. The Morgan fingerprint density at radius 1 is 1.41 bits per heavy atom. The van der Waals surface area contributed by atoms with Gasteiger partial charge in [-0.1, -0.05) is 12.1 Å². The van der Waals surface area contributed by atoms with Gasteiger partial charge in [-0.05, 0) is 38.0 Å². The number of carboxylic acids is 1. The SMILES string of the molecule is CC(O)CC(C)NCc1cccc(C(=O)O)c1. The Hall–Kier alpha value is -1.39. The minimum absolute atomic E-state index is 0.198. The first-order chi connectivity index (χ1) is 7.99. The third-order valence-electron chi connectivity index (χ3n) is 2.52. The van der Waals surface area contributed by atoms with E-state index < -0.39 is 5.97 Å². The minimum Gasteiger partial charge on any atom is -0.478 e. The third kappa shape index (κ3) is 4.97. The Kier molecular flexibility index (Phi) is 5.12. The molecule has 0 aliphatic carbocycles. The maximum Gasteiger partial charge on any atom is 0.335 e. The highest BCUT2D eigenvalue weighted by molar-refractivity contribution is 5.87. The number of rotatable bonds is 6. The predicted molar refractivity (Wildman–Crippen MR) is 66.0 cm³/mol. The number of aromatic carboxylic acids is 1. The zero-order chi connectivity index (χ0) is 12.8. The Bertz CT molecular complexity index is 377. The van der Waals surface area contributed by atoms with E-state index in [-0.39, 0.29) is 12.1 Å². The number of carbonyl (C=O) groups is 1. The highest BCUT2D eigenvalue weighted by Crippen LogP contribution is 2.06. The summed E-state index contributed by atoms with van der Waals surface area (Å²) in [5, 5.41) is 21.3. The van der Waals surface area contributed by atoms with Crippen LogP contribution in [0, 0.1) is 0 Å². The summed E-state index contributed by atoms with van der Waals surface area (Å²) in [6, 6.07) is 7.05. The summed E-state index contributed by atoms with van der Waals surface area (Å²) < 4.78 is 0. The Morgan fingerprint density at radius 3 is 2.71 bits per heavy atom. The van der Waals surface area contributed by atoms with Crippen LogP contribution < -0.4 is 5.32 Å². The van der Waals surface area contributed by atoms with Crippen molar-refractivity contribution in [2.75, 3.05) is 0 Å². The van der Waals surface area contributed by atoms with E-state index in [1.54, 1.807) is 25.1 Å². The lowest BCUT2D eigenvalue weighted by molar-refractivity contribution is 0.0696. The molecule has 0 saturated heterocycles. The summed E-state index contributed by atoms with van der Waals surface area (Å²) in [7, 11) is 0. The van der Waals surface area contributed by atoms with E-state index >= 15 is 0 Å². The molecule has 2 atom stereocenters. The number of benzene rings is 1. The average Bonchev–Trinajstić information content (AvgIpc) is 2.26. The van der Waals surface area contributed by atoms with Crippen molar-refractivity contribution in [2.24, 2.45) is 0 Å². The first-order valence-corrected chi connectivity index (χ1v) is 5.72. The van der Waals surface area contributed by atoms with Gasteiger partial charge in [0.1, 0.15) is 0 Å². The second-order valence-electron chi connectivity index (χ2n) is 4.37. The minimum atomic E-state index is -0.913. The molecule has 4 heteroatoms. The fraction of sp³-hybridized carbons (Fsp3) is 0.462. The van der Waals surface area contributed by atoms with Crippen molar-refractivity contribution in [3.05, 3.63) is 35.4 Å². The molecule has 94 valence electrons. The molecule has 0 saturated carbocycles. The molecule has 17 heavy (non-hydrogen) atoms. The normalized spacial score (nSPS) is 14.3. The van der Waals surface area contributed by atoms with Crippen molar-refractivity contribution in [1.29, 1.82) is 0 Å². The van der Waals surface area contributed by atoms with Gasteiger partial charge in [0, 0.05) is 12.6 Å². The fourth-order valence-corrected chi connectivity index (χ4v) is 1.70. The molecule has 4 nitrogen and oxygen atoms in total. The van der Waals surface area contributed by atoms with Crippen LogP contribution in [0.1, 0.15) is 36.2 Å². The van der Waals surface area contributed by atoms with Crippen molar-refractivity contribution in [2.45, 2.75) is 39.0 Å². The summed E-state index contributed by atoms with van der Waals surface area (Å²) in [5.74, 6) is -0.913. The molecule has 1 aromatic rings. The molecule has 1 aromatic carbocycles. The van der Waals surface area contributed by atoms with Crippen LogP contribution in [0.25, 0.3) is 0 Å². The van der Waals surface area contributed by atoms with Gasteiger partial charge >= 0.3 is 5.97 Å². The van der Waals surface area contributed by atoms with Crippen molar-refractivity contribution >= 4 is 5.97 Å². The van der Waals surface area contributed by atoms with E-state index in [9.17, 15) is 9.90 Å². The van der Waals surface area contributed by atoms with Gasteiger partial charge < -0.3 is 15.5 Å². The molecule has 0 radical (unpaired) electrons. The van der Waals surface area contributed by atoms with Gasteiger partial charge in [0.2, 0.25) is 0 Å². The van der Waals surface area contributed by atoms with Gasteiger partial charge in [-0.25, -0.2) is 4.79 Å². The molecule has 2 unspecified atom stereocenters. The van der Waals surface area contributed by atoms with Crippen molar-refractivity contribution in [3.8, 4) is 0 Å². The maximum atomic E-state index is 10.8. The van der Waals surface area contributed by atoms with Crippen LogP contribution in [0.15, 0.2) is 24.3 Å². The lowest BCUT2D eigenvalue weighted by atomic mass is 10.1. The Labute approximate surface area is 101 Å². The summed E-state index contributed by atoms with van der Waals surface area (Å²) in [4.78, 5) is 10.8. The van der Waals surface area contributed by atoms with Gasteiger partial charge in [0.15, 0.2) is 0 Å². The number of aliphatic hydroxyl groups excluding tert-OH is 1. The Morgan fingerprint density at radius 2 is 2.12 bits per heavy atom. The zero-order valence-corrected chi connectivity index (χ0v) is 10.2. The first-order valence-electron chi connectivity index (χ1n) is 5.72. The molecule has 0 amide bonds. The first kappa shape index (κ1) is 13.7. The maximum absolute atomic E-state index is 10.8. The number of carboxylic acid groups (broad SMARTS) is 1. The second kappa shape index (κ2) is 6.37. The molecule has 1 rings (SSSR count). The number of hydrogen-bond donors (Lipinski definition) is 3. The van der Waals surface area contributed by atoms with Crippen LogP contribution in [-0.2, 0) is 6.54 Å². The Balaban J connectivity index is 2.51. The summed E-state index contributed by atoms with van der Waals surface area (Å²) in [6.07, 6.45) is 0.348. The van der Waals surface area contributed by atoms with Gasteiger partial charge in [-0.2, -0.15) is 0 Å². The highest BCUT2D eigenvalue weighted by Gasteiger charge is 2.07. The molecule has 0 fully saturated rings. The number of aliphatic hydroxyl groups is 1. The van der Waals surface area contributed by atoms with E-state index in [4.69, 9.17) is 5.11 Å². The zero-order valence-electron chi connectivity index (χ0n) is 10.2. The van der Waals surface area contributed by atoms with Gasteiger partial charge in [-0.3, -0.25) is 0 Å². The lowest BCUT2D eigenvalue weighted by Gasteiger charge is -2.15. The van der Waals surface area contributed by atoms with Crippen LogP contribution in [-0.4, -0.2) is 28.3 Å². The largest absolute Gasteiger partial charge is 0.478 e. The van der Waals surface area contributed by atoms with E-state index in [2.05, 4.69) is 5.32 Å². The molecule has 0 heterocycles. The average molecular weight is 237 g/mol. The van der Waals surface area contributed by atoms with E-state index in [1.165, 1.54) is 0 Å². The quantitative estimate of drug-likeness (QED) is 0.703. The molecule has 0 aliphatic rings. The topological polar surface area (TPSA) is 69.6 Å². The molecule has 0 spiro atoms. The molecule has 0 aliphatic heterocycles. The molecular formula is C13H19NO3. The predicted octanol–water partition coefficient (Wildman–Crippen LogP) is 1.63. The smallest absolute Gasteiger partial charge is 0.335 e. The van der Waals surface area contributed by atoms with Crippen molar-refractivity contribution in [1.82, 2.24) is 5.32 Å². The van der Waals surface area contributed by atoms with Crippen LogP contribution in [0.2, 0.25) is 0 Å². The second-order valence-corrected chi connectivity index (χ2v) is 4.37. The molecule has 0 aromatic heterocycles. The summed E-state index contributed by atoms with van der Waals surface area (Å²) >= 11 is 0. The third-order valence-corrected chi connectivity index (χ3v) is 2.52. The van der Waals surface area contributed by atoms with Crippen molar-refractivity contribution < 1.29 is 15.0 Å². The van der Waals surface area contributed by atoms with E-state index in [1.807, 2.05) is 13.0 Å². The van der Waals surface area contributed by atoms with Crippen LogP contribution in [0.3, 0.4) is 0 Å². The molecule has 0 bridgehead atoms. The van der Waals surface area contributed by atoms with Crippen molar-refractivity contribution in [3.63, 3.8) is 0 Å². The number of nitrogens with one attached hydrogen (secondary N) is 1. The van der Waals surface area contributed by atoms with Gasteiger partial charge in [0.05, 0.1) is 11.7 Å². The van der Waals surface area contributed by atoms with Crippen LogP contribution in [0.4, 0.5) is 0 Å². The number of hydrogen-bond acceptors (Lipinski definition) is 3. The molecular weight excluding hydrogens is 218 g/mol. The van der Waals surface area contributed by atoms with Crippen LogP contribution in [0.5, 0.6) is 0 Å². The van der Waals surface area contributed by atoms with E-state index in [0.717, 1.165) is 5.56 Å². The summed E-state index contributed by atoms with van der Waals surface area (Å²) in [6.45, 7) is 4.35. The van der Waals surface area contributed by atoms with Crippen LogP contribution >= 0.6 is 0 Å². The van der Waals surface area contributed by atoms with Gasteiger partial charge in [-0.15, -0.1) is 0 Å². The van der Waals surface area contributed by atoms with E-state index in [0.29, 0.717) is 18.5 Å². The molecule has 3 N–H and O–H groups in total. The standard InChI is InChI=1S/C13H19NO3/c1-9(6-10(2)15)14-8-11-4-3-5-12(7-11)13(16)17/h3-5,7,9-10,14-15H,6,8H2,1-2H3,(H,16,17). The monoisotopic (exact) mass is 237 g/mol. The van der Waals surface area contributed by atoms with Gasteiger partial charge in [0.25, 0.3) is 0 Å².